The summed E-state index contributed by atoms with van der Waals surface area (Å²) in [6.07, 6.45) is 4.36. The molecule has 0 spiro atoms. The molecule has 4 heteroatoms. The van der Waals surface area contributed by atoms with Crippen molar-refractivity contribution in [2.75, 3.05) is 0 Å². The van der Waals surface area contributed by atoms with Crippen molar-refractivity contribution < 1.29 is 4.79 Å². The molecule has 0 unspecified atom stereocenters. The van der Waals surface area contributed by atoms with E-state index in [1.54, 1.807) is 0 Å². The molecule has 2 amide bonds. The summed E-state index contributed by atoms with van der Waals surface area (Å²) < 4.78 is 0. The molecule has 2 aromatic carbocycles. The number of amides is 2. The van der Waals surface area contributed by atoms with Crippen LogP contribution in [0, 0.1) is 0 Å². The molecular formula is C21H21N3O. The number of aromatic nitrogens is 1. The van der Waals surface area contributed by atoms with Crippen molar-refractivity contribution in [2.45, 2.75) is 31.8 Å². The van der Waals surface area contributed by atoms with E-state index in [-0.39, 0.29) is 6.03 Å². The number of nitrogens with zero attached hydrogens (tertiary/aromatic N) is 1. The topological polar surface area (TPSA) is 54.0 Å². The van der Waals surface area contributed by atoms with Crippen molar-refractivity contribution in [3.8, 4) is 0 Å². The summed E-state index contributed by atoms with van der Waals surface area (Å²) in [7, 11) is 0. The van der Waals surface area contributed by atoms with Gasteiger partial charge in [-0.05, 0) is 40.8 Å². The van der Waals surface area contributed by atoms with Crippen LogP contribution < -0.4 is 10.6 Å². The minimum absolute atomic E-state index is 0.167. The first-order chi connectivity index (χ1) is 12.3. The molecule has 3 aromatic rings. The van der Waals surface area contributed by atoms with Gasteiger partial charge in [0.2, 0.25) is 0 Å². The fourth-order valence-electron chi connectivity index (χ4n) is 3.03. The van der Waals surface area contributed by atoms with Crippen molar-refractivity contribution in [3.63, 3.8) is 0 Å². The Kier molecular flexibility index (Phi) is 4.34. The third-order valence-electron chi connectivity index (χ3n) is 4.62. The largest absolute Gasteiger partial charge is 0.334 e. The van der Waals surface area contributed by atoms with Gasteiger partial charge in [-0.25, -0.2) is 4.79 Å². The lowest BCUT2D eigenvalue weighted by atomic mass is 10.0. The Balaban J connectivity index is 1.31. The van der Waals surface area contributed by atoms with Crippen LogP contribution in [0.15, 0.2) is 60.8 Å². The number of urea groups is 1. The Hall–Kier alpha value is -2.88. The van der Waals surface area contributed by atoms with Gasteiger partial charge in [0.25, 0.3) is 0 Å². The maximum absolute atomic E-state index is 12.1. The SMILES string of the molecule is O=C(NCc1ccc(C2CC2)nc1)NCc1cccc2ccccc12. The Morgan fingerprint density at radius 1 is 0.960 bits per heavy atom. The number of fused-ring (bicyclic) bond motifs is 1. The minimum atomic E-state index is -0.167. The predicted molar refractivity (Wildman–Crippen MR) is 99.2 cm³/mol. The second kappa shape index (κ2) is 6.93. The van der Waals surface area contributed by atoms with Crippen molar-refractivity contribution >= 4 is 16.8 Å². The maximum atomic E-state index is 12.1. The molecule has 0 saturated heterocycles. The van der Waals surface area contributed by atoms with Gasteiger partial charge in [-0.2, -0.15) is 0 Å². The van der Waals surface area contributed by atoms with Crippen LogP contribution in [0.5, 0.6) is 0 Å². The summed E-state index contributed by atoms with van der Waals surface area (Å²) in [4.78, 5) is 16.5. The standard InChI is InChI=1S/C21H21N3O/c25-21(23-13-15-8-11-20(22-12-15)17-9-10-17)24-14-18-6-3-5-16-4-1-2-7-19(16)18/h1-8,11-12,17H,9-10,13-14H2,(H2,23,24,25). The van der Waals surface area contributed by atoms with Crippen molar-refractivity contribution in [2.24, 2.45) is 0 Å². The molecule has 25 heavy (non-hydrogen) atoms. The van der Waals surface area contributed by atoms with E-state index in [9.17, 15) is 4.79 Å². The molecule has 0 bridgehead atoms. The second-order valence-corrected chi connectivity index (χ2v) is 6.54. The van der Waals surface area contributed by atoms with Gasteiger partial charge in [0, 0.05) is 30.9 Å². The highest BCUT2D eigenvalue weighted by molar-refractivity contribution is 5.86. The monoisotopic (exact) mass is 331 g/mol. The number of carbonyl (C=O) groups excluding carboxylic acids is 1. The Bertz CT molecular complexity index is 880. The molecule has 2 N–H and O–H groups in total. The van der Waals surface area contributed by atoms with E-state index in [4.69, 9.17) is 0 Å². The Labute approximate surface area is 147 Å². The molecule has 0 aliphatic heterocycles. The zero-order valence-electron chi connectivity index (χ0n) is 14.0. The highest BCUT2D eigenvalue weighted by atomic mass is 16.2. The number of rotatable bonds is 5. The second-order valence-electron chi connectivity index (χ2n) is 6.54. The number of benzene rings is 2. The van der Waals surface area contributed by atoms with Crippen LogP contribution in [0.25, 0.3) is 10.8 Å². The van der Waals surface area contributed by atoms with Gasteiger partial charge in [0.1, 0.15) is 0 Å². The van der Waals surface area contributed by atoms with Crippen LogP contribution >= 0.6 is 0 Å². The molecule has 4 nitrogen and oxygen atoms in total. The lowest BCUT2D eigenvalue weighted by Crippen LogP contribution is -2.34. The Morgan fingerprint density at radius 3 is 2.56 bits per heavy atom. The molecule has 1 saturated carbocycles. The van der Waals surface area contributed by atoms with Crippen LogP contribution in [0.1, 0.15) is 35.6 Å². The van der Waals surface area contributed by atoms with E-state index in [2.05, 4.69) is 39.9 Å². The molecule has 1 heterocycles. The van der Waals surface area contributed by atoms with Gasteiger partial charge >= 0.3 is 6.03 Å². The normalized spacial score (nSPS) is 13.6. The van der Waals surface area contributed by atoms with E-state index in [0.717, 1.165) is 11.1 Å². The van der Waals surface area contributed by atoms with Gasteiger partial charge < -0.3 is 10.6 Å². The quantitative estimate of drug-likeness (QED) is 0.739. The Morgan fingerprint density at radius 2 is 1.76 bits per heavy atom. The lowest BCUT2D eigenvalue weighted by molar-refractivity contribution is 0.240. The van der Waals surface area contributed by atoms with Gasteiger partial charge in [-0.3, -0.25) is 4.98 Å². The zero-order valence-corrected chi connectivity index (χ0v) is 14.0. The zero-order chi connectivity index (χ0) is 17.1. The highest BCUT2D eigenvalue weighted by Crippen LogP contribution is 2.38. The molecule has 0 atom stereocenters. The number of nitrogens with one attached hydrogen (secondary N) is 2. The van der Waals surface area contributed by atoms with Crippen molar-refractivity contribution in [1.29, 1.82) is 0 Å². The predicted octanol–water partition coefficient (Wildman–Crippen LogP) is 4.11. The lowest BCUT2D eigenvalue weighted by Gasteiger charge is -2.10. The van der Waals surface area contributed by atoms with Crippen molar-refractivity contribution in [3.05, 3.63) is 77.6 Å². The maximum Gasteiger partial charge on any atom is 0.315 e. The third kappa shape index (κ3) is 3.79. The van der Waals surface area contributed by atoms with E-state index in [0.29, 0.717) is 19.0 Å². The van der Waals surface area contributed by atoms with Gasteiger partial charge in [0.15, 0.2) is 0 Å². The van der Waals surface area contributed by atoms with Crippen LogP contribution in [-0.2, 0) is 13.1 Å². The fourth-order valence-corrected chi connectivity index (χ4v) is 3.03. The molecule has 1 aliphatic rings. The van der Waals surface area contributed by atoms with Gasteiger partial charge in [-0.15, -0.1) is 0 Å². The minimum Gasteiger partial charge on any atom is -0.334 e. The highest BCUT2D eigenvalue weighted by Gasteiger charge is 2.24. The van der Waals surface area contributed by atoms with E-state index in [1.165, 1.54) is 29.3 Å². The molecule has 126 valence electrons. The van der Waals surface area contributed by atoms with Crippen LogP contribution in [0.4, 0.5) is 4.79 Å². The summed E-state index contributed by atoms with van der Waals surface area (Å²) in [5.74, 6) is 0.658. The first-order valence-corrected chi connectivity index (χ1v) is 8.73. The van der Waals surface area contributed by atoms with Gasteiger partial charge in [-0.1, -0.05) is 48.5 Å². The molecule has 1 aromatic heterocycles. The van der Waals surface area contributed by atoms with E-state index in [1.807, 2.05) is 36.5 Å². The molecule has 1 fully saturated rings. The summed E-state index contributed by atoms with van der Waals surface area (Å²) in [6.45, 7) is 0.991. The first kappa shape index (κ1) is 15.6. The summed E-state index contributed by atoms with van der Waals surface area (Å²) >= 11 is 0. The average molecular weight is 331 g/mol. The van der Waals surface area contributed by atoms with E-state index < -0.39 is 0 Å². The summed E-state index contributed by atoms with van der Waals surface area (Å²) in [6, 6.07) is 18.3. The van der Waals surface area contributed by atoms with E-state index >= 15 is 0 Å². The molecular weight excluding hydrogens is 310 g/mol. The number of hydrogen-bond donors (Lipinski definition) is 2. The third-order valence-corrected chi connectivity index (χ3v) is 4.62. The fraction of sp³-hybridized carbons (Fsp3) is 0.238. The number of carbonyl (C=O) groups is 1. The summed E-state index contributed by atoms with van der Waals surface area (Å²) in [5.41, 5.74) is 3.30. The summed E-state index contributed by atoms with van der Waals surface area (Å²) in [5, 5.41) is 8.18. The van der Waals surface area contributed by atoms with Crippen molar-refractivity contribution in [1.82, 2.24) is 15.6 Å². The number of hydrogen-bond acceptors (Lipinski definition) is 2. The van der Waals surface area contributed by atoms with Crippen LogP contribution in [0.3, 0.4) is 0 Å². The number of pyridine rings is 1. The first-order valence-electron chi connectivity index (χ1n) is 8.73. The van der Waals surface area contributed by atoms with Gasteiger partial charge in [0.05, 0.1) is 0 Å². The smallest absolute Gasteiger partial charge is 0.315 e. The molecule has 4 rings (SSSR count). The van der Waals surface area contributed by atoms with Crippen LogP contribution in [0.2, 0.25) is 0 Å². The molecule has 1 aliphatic carbocycles. The average Bonchev–Trinajstić information content (AvgIpc) is 3.50. The molecule has 0 radical (unpaired) electrons. The van der Waals surface area contributed by atoms with Crippen LogP contribution in [-0.4, -0.2) is 11.0 Å².